The molecular weight excluding hydrogens is 106 g/mol. The molecule has 0 aliphatic rings. The predicted octanol–water partition coefficient (Wildman–Crippen LogP) is 1.26. The van der Waals surface area contributed by atoms with Crippen molar-refractivity contribution < 1.29 is 0 Å². The van der Waals surface area contributed by atoms with Gasteiger partial charge >= 0.3 is 0 Å². The normalized spacial score (nSPS) is 14.1. The lowest BCUT2D eigenvalue weighted by Gasteiger charge is -2.05. The van der Waals surface area contributed by atoms with Crippen molar-refractivity contribution in [3.05, 3.63) is 0 Å². The lowest BCUT2D eigenvalue weighted by Crippen LogP contribution is -2.21. The van der Waals surface area contributed by atoms with E-state index in [-0.39, 0.29) is 0 Å². The van der Waals surface area contributed by atoms with E-state index >= 15 is 0 Å². The Morgan fingerprint density at radius 3 is 2.29 bits per heavy atom. The average Bonchev–Trinajstić information content (AvgIpc) is 1.68. The van der Waals surface area contributed by atoms with Crippen molar-refractivity contribution >= 4 is 12.6 Å². The molecule has 0 fully saturated rings. The first-order valence-corrected chi connectivity index (χ1v) is 3.24. The van der Waals surface area contributed by atoms with Crippen LogP contribution in [0.25, 0.3) is 0 Å². The van der Waals surface area contributed by atoms with Gasteiger partial charge in [-0.1, -0.05) is 13.8 Å². The first-order valence-electron chi connectivity index (χ1n) is 2.72. The molecule has 0 saturated carbocycles. The minimum absolute atomic E-state index is 0.394. The number of hydrogen-bond acceptors (Lipinski definition) is 2. The number of rotatable bonds is 3. The Balaban J connectivity index is 2.83. The SMILES string of the molecule is CCNC(S)CC. The van der Waals surface area contributed by atoms with E-state index in [4.69, 9.17) is 0 Å². The maximum absolute atomic E-state index is 4.20. The highest BCUT2D eigenvalue weighted by atomic mass is 32.1. The molecule has 0 amide bonds. The van der Waals surface area contributed by atoms with Gasteiger partial charge in [-0.2, -0.15) is 12.6 Å². The monoisotopic (exact) mass is 119 g/mol. The quantitative estimate of drug-likeness (QED) is 0.421. The zero-order chi connectivity index (χ0) is 5.70. The van der Waals surface area contributed by atoms with Crippen LogP contribution in [0.3, 0.4) is 0 Å². The molecule has 7 heavy (non-hydrogen) atoms. The van der Waals surface area contributed by atoms with Gasteiger partial charge in [-0.05, 0) is 13.0 Å². The molecule has 2 heteroatoms. The summed E-state index contributed by atoms with van der Waals surface area (Å²) < 4.78 is 0. The molecule has 0 radical (unpaired) electrons. The predicted molar refractivity (Wildman–Crippen MR) is 36.7 cm³/mol. The number of thiol groups is 1. The highest BCUT2D eigenvalue weighted by molar-refractivity contribution is 7.80. The topological polar surface area (TPSA) is 12.0 Å². The third kappa shape index (κ3) is 4.16. The zero-order valence-electron chi connectivity index (χ0n) is 4.94. The van der Waals surface area contributed by atoms with Gasteiger partial charge in [-0.15, -0.1) is 0 Å². The van der Waals surface area contributed by atoms with Gasteiger partial charge < -0.3 is 5.32 Å². The largest absolute Gasteiger partial charge is 0.306 e. The van der Waals surface area contributed by atoms with E-state index in [0.717, 1.165) is 13.0 Å². The third-order valence-electron chi connectivity index (χ3n) is 0.826. The van der Waals surface area contributed by atoms with Crippen LogP contribution in [-0.2, 0) is 0 Å². The van der Waals surface area contributed by atoms with Gasteiger partial charge in [0.15, 0.2) is 0 Å². The first kappa shape index (κ1) is 7.31. The smallest absolute Gasteiger partial charge is 0.0499 e. The summed E-state index contributed by atoms with van der Waals surface area (Å²) in [4.78, 5) is 0. The van der Waals surface area contributed by atoms with Gasteiger partial charge in [-0.3, -0.25) is 0 Å². The fourth-order valence-electron chi connectivity index (χ4n) is 0.380. The van der Waals surface area contributed by atoms with E-state index in [1.807, 2.05) is 0 Å². The van der Waals surface area contributed by atoms with Crippen LogP contribution in [-0.4, -0.2) is 11.9 Å². The minimum atomic E-state index is 0.394. The fourth-order valence-corrected chi connectivity index (χ4v) is 0.563. The molecule has 1 nitrogen and oxygen atoms in total. The lowest BCUT2D eigenvalue weighted by atomic mass is 10.5. The van der Waals surface area contributed by atoms with Crippen LogP contribution in [0.2, 0.25) is 0 Å². The second-order valence-corrected chi connectivity index (χ2v) is 2.11. The van der Waals surface area contributed by atoms with Crippen molar-refractivity contribution in [3.63, 3.8) is 0 Å². The third-order valence-corrected chi connectivity index (χ3v) is 1.37. The van der Waals surface area contributed by atoms with Crippen LogP contribution < -0.4 is 5.32 Å². The van der Waals surface area contributed by atoms with E-state index in [1.165, 1.54) is 0 Å². The Labute approximate surface area is 50.9 Å². The van der Waals surface area contributed by atoms with Crippen molar-refractivity contribution in [2.45, 2.75) is 25.6 Å². The summed E-state index contributed by atoms with van der Waals surface area (Å²) in [6.45, 7) is 5.21. The minimum Gasteiger partial charge on any atom is -0.306 e. The summed E-state index contributed by atoms with van der Waals surface area (Å²) in [5.74, 6) is 0. The molecule has 0 aromatic rings. The Morgan fingerprint density at radius 1 is 1.57 bits per heavy atom. The van der Waals surface area contributed by atoms with Crippen molar-refractivity contribution in [2.75, 3.05) is 6.54 Å². The second-order valence-electron chi connectivity index (χ2n) is 1.48. The number of hydrogen-bond donors (Lipinski definition) is 2. The lowest BCUT2D eigenvalue weighted by molar-refractivity contribution is 0.662. The summed E-state index contributed by atoms with van der Waals surface area (Å²) >= 11 is 4.20. The van der Waals surface area contributed by atoms with E-state index in [2.05, 4.69) is 31.8 Å². The van der Waals surface area contributed by atoms with E-state index in [9.17, 15) is 0 Å². The Kier molecular flexibility index (Phi) is 4.67. The molecule has 0 aliphatic heterocycles. The standard InChI is InChI=1S/C5H13NS/c1-3-5(7)6-4-2/h5-7H,3-4H2,1-2H3. The second kappa shape index (κ2) is 4.47. The Hall–Kier alpha value is 0.310. The zero-order valence-corrected chi connectivity index (χ0v) is 5.83. The summed E-state index contributed by atoms with van der Waals surface area (Å²) in [7, 11) is 0. The molecule has 0 aromatic heterocycles. The maximum Gasteiger partial charge on any atom is 0.0499 e. The molecule has 0 aromatic carbocycles. The fraction of sp³-hybridized carbons (Fsp3) is 1.00. The van der Waals surface area contributed by atoms with Crippen molar-refractivity contribution in [1.82, 2.24) is 5.32 Å². The van der Waals surface area contributed by atoms with Crippen LogP contribution in [0.5, 0.6) is 0 Å². The Bertz CT molecular complexity index is 39.1. The molecule has 0 rings (SSSR count). The van der Waals surface area contributed by atoms with Gasteiger partial charge in [0, 0.05) is 5.37 Å². The van der Waals surface area contributed by atoms with Gasteiger partial charge in [0.25, 0.3) is 0 Å². The van der Waals surface area contributed by atoms with E-state index in [1.54, 1.807) is 0 Å². The summed E-state index contributed by atoms with van der Waals surface area (Å²) in [5, 5.41) is 3.55. The molecule has 0 aliphatic carbocycles. The first-order chi connectivity index (χ1) is 3.31. The van der Waals surface area contributed by atoms with Gasteiger partial charge in [-0.25, -0.2) is 0 Å². The number of nitrogens with one attached hydrogen (secondary N) is 1. The molecule has 1 N–H and O–H groups in total. The molecule has 0 saturated heterocycles. The summed E-state index contributed by atoms with van der Waals surface area (Å²) in [6, 6.07) is 0. The summed E-state index contributed by atoms with van der Waals surface area (Å²) in [6.07, 6.45) is 1.09. The van der Waals surface area contributed by atoms with Gasteiger partial charge in [0.1, 0.15) is 0 Å². The summed E-state index contributed by atoms with van der Waals surface area (Å²) in [5.41, 5.74) is 0. The molecule has 0 bridgehead atoms. The van der Waals surface area contributed by atoms with Crippen LogP contribution in [0.15, 0.2) is 0 Å². The van der Waals surface area contributed by atoms with Gasteiger partial charge in [0.05, 0.1) is 0 Å². The van der Waals surface area contributed by atoms with E-state index in [0.29, 0.717) is 5.37 Å². The van der Waals surface area contributed by atoms with Crippen molar-refractivity contribution in [2.24, 2.45) is 0 Å². The van der Waals surface area contributed by atoms with Gasteiger partial charge in [0.2, 0.25) is 0 Å². The Morgan fingerprint density at radius 2 is 2.14 bits per heavy atom. The molecule has 0 heterocycles. The molecule has 1 unspecified atom stereocenters. The molecule has 0 spiro atoms. The van der Waals surface area contributed by atoms with E-state index < -0.39 is 0 Å². The highest BCUT2D eigenvalue weighted by Gasteiger charge is 1.91. The van der Waals surface area contributed by atoms with Crippen LogP contribution in [0, 0.1) is 0 Å². The average molecular weight is 119 g/mol. The van der Waals surface area contributed by atoms with Crippen LogP contribution in [0.1, 0.15) is 20.3 Å². The van der Waals surface area contributed by atoms with Crippen LogP contribution >= 0.6 is 12.6 Å². The highest BCUT2D eigenvalue weighted by Crippen LogP contribution is 1.92. The maximum atomic E-state index is 4.20. The molecular formula is C5H13NS. The molecule has 1 atom stereocenters. The molecule has 44 valence electrons. The van der Waals surface area contributed by atoms with Crippen molar-refractivity contribution in [3.8, 4) is 0 Å². The van der Waals surface area contributed by atoms with Crippen molar-refractivity contribution in [1.29, 1.82) is 0 Å². The van der Waals surface area contributed by atoms with Crippen LogP contribution in [0.4, 0.5) is 0 Å².